The maximum atomic E-state index is 13.0. The van der Waals surface area contributed by atoms with Crippen LogP contribution in [0.4, 0.5) is 4.39 Å². The molecule has 1 aromatic carbocycles. The summed E-state index contributed by atoms with van der Waals surface area (Å²) in [6.45, 7) is 4.21. The Kier molecular flexibility index (Phi) is 5.12. The fourth-order valence-electron chi connectivity index (χ4n) is 1.60. The lowest BCUT2D eigenvalue weighted by atomic mass is 10.1. The molecule has 0 bridgehead atoms. The van der Waals surface area contributed by atoms with E-state index >= 15 is 0 Å². The van der Waals surface area contributed by atoms with E-state index < -0.39 is 0 Å². The second kappa shape index (κ2) is 6.13. The van der Waals surface area contributed by atoms with Gasteiger partial charge in [0.05, 0.1) is 0 Å². The minimum Gasteiger partial charge on any atom is -0.307 e. The SMILES string of the molecule is CSCC(C)NC(C)c1cccc(F)c1. The Balaban J connectivity index is 2.56. The average molecular weight is 227 g/mol. The fraction of sp³-hybridized carbons (Fsp3) is 0.500. The van der Waals surface area contributed by atoms with Crippen LogP contribution in [0.2, 0.25) is 0 Å². The van der Waals surface area contributed by atoms with Gasteiger partial charge in [-0.1, -0.05) is 12.1 Å². The molecular weight excluding hydrogens is 209 g/mol. The molecule has 0 heterocycles. The Morgan fingerprint density at radius 1 is 1.40 bits per heavy atom. The summed E-state index contributed by atoms with van der Waals surface area (Å²) in [7, 11) is 0. The van der Waals surface area contributed by atoms with E-state index in [9.17, 15) is 4.39 Å². The zero-order chi connectivity index (χ0) is 11.3. The molecule has 1 rings (SSSR count). The molecule has 1 nitrogen and oxygen atoms in total. The maximum Gasteiger partial charge on any atom is 0.123 e. The molecule has 0 saturated heterocycles. The van der Waals surface area contributed by atoms with Gasteiger partial charge >= 0.3 is 0 Å². The van der Waals surface area contributed by atoms with Crippen LogP contribution in [0.25, 0.3) is 0 Å². The summed E-state index contributed by atoms with van der Waals surface area (Å²) >= 11 is 1.81. The topological polar surface area (TPSA) is 12.0 Å². The zero-order valence-corrected chi connectivity index (χ0v) is 10.3. The number of hydrogen-bond donors (Lipinski definition) is 1. The lowest BCUT2D eigenvalue weighted by molar-refractivity contribution is 0.508. The summed E-state index contributed by atoms with van der Waals surface area (Å²) in [6.07, 6.45) is 2.09. The third-order valence-corrected chi connectivity index (χ3v) is 3.13. The molecular formula is C12H18FNS. The van der Waals surface area contributed by atoms with Crippen LogP contribution in [0.15, 0.2) is 24.3 Å². The first-order valence-corrected chi connectivity index (χ1v) is 6.53. The van der Waals surface area contributed by atoms with E-state index in [0.29, 0.717) is 6.04 Å². The van der Waals surface area contributed by atoms with Crippen molar-refractivity contribution in [3.63, 3.8) is 0 Å². The number of benzene rings is 1. The van der Waals surface area contributed by atoms with E-state index in [2.05, 4.69) is 25.4 Å². The first-order chi connectivity index (χ1) is 7.13. The van der Waals surface area contributed by atoms with Crippen LogP contribution in [0.5, 0.6) is 0 Å². The average Bonchev–Trinajstić information content (AvgIpc) is 2.18. The van der Waals surface area contributed by atoms with Gasteiger partial charge in [-0.05, 0) is 37.8 Å². The number of hydrogen-bond acceptors (Lipinski definition) is 2. The number of thioether (sulfide) groups is 1. The molecule has 0 aliphatic heterocycles. The highest BCUT2D eigenvalue weighted by molar-refractivity contribution is 7.98. The fourth-order valence-corrected chi connectivity index (χ4v) is 2.19. The normalized spacial score (nSPS) is 14.9. The van der Waals surface area contributed by atoms with Crippen molar-refractivity contribution in [2.24, 2.45) is 0 Å². The zero-order valence-electron chi connectivity index (χ0n) is 9.46. The molecule has 0 saturated carbocycles. The van der Waals surface area contributed by atoms with Crippen LogP contribution in [0.3, 0.4) is 0 Å². The Morgan fingerprint density at radius 3 is 2.73 bits per heavy atom. The van der Waals surface area contributed by atoms with Crippen LogP contribution >= 0.6 is 11.8 Å². The predicted molar refractivity (Wildman–Crippen MR) is 65.8 cm³/mol. The number of halogens is 1. The van der Waals surface area contributed by atoms with E-state index in [4.69, 9.17) is 0 Å². The Labute approximate surface area is 95.5 Å². The monoisotopic (exact) mass is 227 g/mol. The molecule has 3 heteroatoms. The third-order valence-electron chi connectivity index (χ3n) is 2.30. The van der Waals surface area contributed by atoms with Crippen LogP contribution in [-0.2, 0) is 0 Å². The summed E-state index contributed by atoms with van der Waals surface area (Å²) < 4.78 is 13.0. The van der Waals surface area contributed by atoms with E-state index in [1.165, 1.54) is 6.07 Å². The number of nitrogens with one attached hydrogen (secondary N) is 1. The van der Waals surface area contributed by atoms with E-state index in [1.54, 1.807) is 12.1 Å². The Morgan fingerprint density at radius 2 is 2.13 bits per heavy atom. The van der Waals surface area contributed by atoms with E-state index in [1.807, 2.05) is 17.8 Å². The smallest absolute Gasteiger partial charge is 0.123 e. The maximum absolute atomic E-state index is 13.0. The van der Waals surface area contributed by atoms with Crippen molar-refractivity contribution < 1.29 is 4.39 Å². The largest absolute Gasteiger partial charge is 0.307 e. The van der Waals surface area contributed by atoms with Crippen LogP contribution in [0, 0.1) is 5.82 Å². The summed E-state index contributed by atoms with van der Waals surface area (Å²) in [4.78, 5) is 0. The van der Waals surface area contributed by atoms with Crippen LogP contribution < -0.4 is 5.32 Å². The van der Waals surface area contributed by atoms with Crippen LogP contribution in [0.1, 0.15) is 25.5 Å². The molecule has 1 aromatic rings. The van der Waals surface area contributed by atoms with Crippen molar-refractivity contribution in [3.05, 3.63) is 35.6 Å². The minimum absolute atomic E-state index is 0.168. The Bertz CT molecular complexity index is 303. The lowest BCUT2D eigenvalue weighted by Crippen LogP contribution is -2.30. The van der Waals surface area contributed by atoms with Gasteiger partial charge in [0.1, 0.15) is 5.82 Å². The van der Waals surface area contributed by atoms with Gasteiger partial charge < -0.3 is 5.32 Å². The van der Waals surface area contributed by atoms with E-state index in [0.717, 1.165) is 11.3 Å². The Hall–Kier alpha value is -0.540. The molecule has 0 aliphatic carbocycles. The molecule has 0 spiro atoms. The van der Waals surface area contributed by atoms with Crippen molar-refractivity contribution in [1.82, 2.24) is 5.32 Å². The molecule has 0 radical (unpaired) electrons. The first kappa shape index (κ1) is 12.5. The predicted octanol–water partition coefficient (Wildman–Crippen LogP) is 3.23. The van der Waals surface area contributed by atoms with Crippen molar-refractivity contribution in [2.45, 2.75) is 25.9 Å². The van der Waals surface area contributed by atoms with Gasteiger partial charge in [-0.25, -0.2) is 4.39 Å². The van der Waals surface area contributed by atoms with Crippen molar-refractivity contribution in [2.75, 3.05) is 12.0 Å². The van der Waals surface area contributed by atoms with Gasteiger partial charge in [0.15, 0.2) is 0 Å². The van der Waals surface area contributed by atoms with Gasteiger partial charge in [-0.15, -0.1) is 0 Å². The van der Waals surface area contributed by atoms with Crippen molar-refractivity contribution >= 4 is 11.8 Å². The molecule has 0 aromatic heterocycles. The summed E-state index contributed by atoms with van der Waals surface area (Å²) in [6, 6.07) is 7.40. The van der Waals surface area contributed by atoms with Gasteiger partial charge in [0, 0.05) is 17.8 Å². The highest BCUT2D eigenvalue weighted by atomic mass is 32.2. The molecule has 1 N–H and O–H groups in total. The summed E-state index contributed by atoms with van der Waals surface area (Å²) in [5.41, 5.74) is 1.00. The van der Waals surface area contributed by atoms with Crippen molar-refractivity contribution in [1.29, 1.82) is 0 Å². The van der Waals surface area contributed by atoms with E-state index in [-0.39, 0.29) is 11.9 Å². The lowest BCUT2D eigenvalue weighted by Gasteiger charge is -2.19. The molecule has 2 unspecified atom stereocenters. The summed E-state index contributed by atoms with van der Waals surface area (Å²) in [5.74, 6) is 0.901. The first-order valence-electron chi connectivity index (χ1n) is 5.14. The minimum atomic E-state index is -0.168. The van der Waals surface area contributed by atoms with Gasteiger partial charge in [-0.2, -0.15) is 11.8 Å². The molecule has 15 heavy (non-hydrogen) atoms. The van der Waals surface area contributed by atoms with Crippen LogP contribution in [-0.4, -0.2) is 18.1 Å². The highest BCUT2D eigenvalue weighted by Crippen LogP contribution is 2.14. The second-order valence-electron chi connectivity index (χ2n) is 3.80. The third kappa shape index (κ3) is 4.22. The molecule has 0 aliphatic rings. The van der Waals surface area contributed by atoms with Gasteiger partial charge in [0.25, 0.3) is 0 Å². The quantitative estimate of drug-likeness (QED) is 0.829. The molecule has 0 amide bonds. The second-order valence-corrected chi connectivity index (χ2v) is 4.71. The van der Waals surface area contributed by atoms with Gasteiger partial charge in [-0.3, -0.25) is 0 Å². The summed E-state index contributed by atoms with van der Waals surface area (Å²) in [5, 5.41) is 3.44. The molecule has 0 fully saturated rings. The highest BCUT2D eigenvalue weighted by Gasteiger charge is 2.09. The standard InChI is InChI=1S/C12H18FNS/c1-9(8-15-3)14-10(2)11-5-4-6-12(13)7-11/h4-7,9-10,14H,8H2,1-3H3. The number of rotatable bonds is 5. The van der Waals surface area contributed by atoms with Gasteiger partial charge in [0.2, 0.25) is 0 Å². The van der Waals surface area contributed by atoms with Crippen molar-refractivity contribution in [3.8, 4) is 0 Å². The molecule has 2 atom stereocenters. The molecule has 84 valence electrons.